The predicted molar refractivity (Wildman–Crippen MR) is 80.5 cm³/mol. The Morgan fingerprint density at radius 1 is 1.10 bits per heavy atom. The second kappa shape index (κ2) is 6.20. The maximum atomic E-state index is 12.6. The maximum absolute atomic E-state index is 12.6. The van der Waals surface area contributed by atoms with Gasteiger partial charge in [0.2, 0.25) is 0 Å². The summed E-state index contributed by atoms with van der Waals surface area (Å²) < 4.78 is 28.8. The molecule has 1 heterocycles. The van der Waals surface area contributed by atoms with Crippen molar-refractivity contribution in [2.45, 2.75) is 12.5 Å². The second-order valence-electron chi connectivity index (χ2n) is 4.62. The molecule has 2 aromatic carbocycles. The molecule has 0 N–H and O–H groups in total. The van der Waals surface area contributed by atoms with Gasteiger partial charge in [-0.3, -0.25) is 9.05 Å². The summed E-state index contributed by atoms with van der Waals surface area (Å²) in [4.78, 5) is 0. The van der Waals surface area contributed by atoms with Gasteiger partial charge in [0.05, 0.1) is 12.7 Å². The van der Waals surface area contributed by atoms with Crippen molar-refractivity contribution < 1.29 is 18.1 Å². The molecule has 110 valence electrons. The molecule has 0 aliphatic carbocycles. The minimum atomic E-state index is -3.62. The van der Waals surface area contributed by atoms with Crippen molar-refractivity contribution in [2.24, 2.45) is 0 Å². The molecule has 2 atom stereocenters. The van der Waals surface area contributed by atoms with Gasteiger partial charge in [-0.1, -0.05) is 41.9 Å². The number of halogens is 1. The number of benzene rings is 2. The van der Waals surface area contributed by atoms with Crippen LogP contribution in [-0.2, 0) is 13.6 Å². The van der Waals surface area contributed by atoms with Crippen LogP contribution < -0.4 is 4.52 Å². The Morgan fingerprint density at radius 3 is 2.52 bits per heavy atom. The molecule has 0 radical (unpaired) electrons. The number of hydrogen-bond acceptors (Lipinski definition) is 4. The highest BCUT2D eigenvalue weighted by Gasteiger charge is 2.37. The van der Waals surface area contributed by atoms with Gasteiger partial charge >= 0.3 is 7.82 Å². The van der Waals surface area contributed by atoms with Gasteiger partial charge in [0.1, 0.15) is 5.75 Å². The molecule has 0 spiro atoms. The molecule has 0 bridgehead atoms. The molecule has 3 rings (SSSR count). The quantitative estimate of drug-likeness (QED) is 0.745. The van der Waals surface area contributed by atoms with Gasteiger partial charge in [-0.05, 0) is 29.8 Å². The van der Waals surface area contributed by atoms with Crippen molar-refractivity contribution in [3.8, 4) is 5.75 Å². The molecule has 1 aliphatic heterocycles. The molecule has 6 heteroatoms. The maximum Gasteiger partial charge on any atom is 0.530 e. The van der Waals surface area contributed by atoms with Crippen LogP contribution in [0.25, 0.3) is 0 Å². The van der Waals surface area contributed by atoms with E-state index in [2.05, 4.69) is 0 Å². The van der Waals surface area contributed by atoms with E-state index in [-0.39, 0.29) is 6.10 Å². The van der Waals surface area contributed by atoms with Crippen molar-refractivity contribution in [3.05, 3.63) is 65.2 Å². The van der Waals surface area contributed by atoms with E-state index in [0.29, 0.717) is 23.8 Å². The van der Waals surface area contributed by atoms with E-state index < -0.39 is 7.82 Å². The van der Waals surface area contributed by atoms with Gasteiger partial charge in [0.15, 0.2) is 0 Å². The van der Waals surface area contributed by atoms with Crippen LogP contribution in [0.2, 0.25) is 5.02 Å². The fourth-order valence-electron chi connectivity index (χ4n) is 2.08. The zero-order valence-corrected chi connectivity index (χ0v) is 12.8. The normalized spacial score (nSPS) is 25.5. The van der Waals surface area contributed by atoms with Crippen molar-refractivity contribution in [1.29, 1.82) is 0 Å². The summed E-state index contributed by atoms with van der Waals surface area (Å²) in [5.41, 5.74) is 0.959. The summed E-state index contributed by atoms with van der Waals surface area (Å²) in [6.45, 7) is 0.324. The molecule has 1 saturated heterocycles. The van der Waals surface area contributed by atoms with E-state index in [4.69, 9.17) is 25.2 Å². The first kappa shape index (κ1) is 14.6. The number of hydrogen-bond donors (Lipinski definition) is 0. The summed E-state index contributed by atoms with van der Waals surface area (Å²) >= 11 is 5.81. The zero-order valence-electron chi connectivity index (χ0n) is 11.1. The molecular formula is C15H14ClO4P. The third-order valence-corrected chi connectivity index (χ3v) is 4.79. The summed E-state index contributed by atoms with van der Waals surface area (Å²) in [7, 11) is -3.62. The van der Waals surface area contributed by atoms with Crippen LogP contribution in [0.4, 0.5) is 0 Å². The van der Waals surface area contributed by atoms with E-state index in [0.717, 1.165) is 5.56 Å². The van der Waals surface area contributed by atoms with E-state index in [1.165, 1.54) is 0 Å². The van der Waals surface area contributed by atoms with Crippen LogP contribution in [0.3, 0.4) is 0 Å². The Labute approximate surface area is 128 Å². The Balaban J connectivity index is 1.75. The minimum Gasteiger partial charge on any atom is -0.404 e. The largest absolute Gasteiger partial charge is 0.530 e. The zero-order chi connectivity index (χ0) is 14.7. The Kier molecular flexibility index (Phi) is 4.32. The van der Waals surface area contributed by atoms with Crippen LogP contribution in [0.15, 0.2) is 54.6 Å². The average molecular weight is 325 g/mol. The summed E-state index contributed by atoms with van der Waals surface area (Å²) in [6, 6.07) is 16.2. The van der Waals surface area contributed by atoms with Gasteiger partial charge < -0.3 is 4.52 Å². The Morgan fingerprint density at radius 2 is 1.81 bits per heavy atom. The lowest BCUT2D eigenvalue weighted by atomic mass is 10.1. The molecular weight excluding hydrogens is 311 g/mol. The molecule has 1 aliphatic rings. The Hall–Kier alpha value is -1.32. The topological polar surface area (TPSA) is 44.8 Å². The van der Waals surface area contributed by atoms with Crippen molar-refractivity contribution in [2.75, 3.05) is 6.61 Å². The molecule has 0 amide bonds. The lowest BCUT2D eigenvalue weighted by Crippen LogP contribution is -2.16. The minimum absolute atomic E-state index is 0.293. The second-order valence-corrected chi connectivity index (χ2v) is 6.60. The van der Waals surface area contributed by atoms with Gasteiger partial charge in [-0.15, -0.1) is 0 Å². The summed E-state index contributed by atoms with van der Waals surface area (Å²) in [5, 5.41) is 0.577. The molecule has 21 heavy (non-hydrogen) atoms. The van der Waals surface area contributed by atoms with Crippen molar-refractivity contribution in [3.63, 3.8) is 0 Å². The predicted octanol–water partition coefficient (Wildman–Crippen LogP) is 5.01. The van der Waals surface area contributed by atoms with E-state index in [9.17, 15) is 4.57 Å². The summed E-state index contributed by atoms with van der Waals surface area (Å²) in [5.74, 6) is 0.399. The van der Waals surface area contributed by atoms with Gasteiger partial charge in [0.25, 0.3) is 0 Å². The number of rotatable bonds is 3. The van der Waals surface area contributed by atoms with E-state index in [1.54, 1.807) is 24.3 Å². The fraction of sp³-hybridized carbons (Fsp3) is 0.200. The molecule has 2 aromatic rings. The highest BCUT2D eigenvalue weighted by atomic mass is 35.5. The number of phosphoric ester groups is 1. The van der Waals surface area contributed by atoms with Gasteiger partial charge in [-0.25, -0.2) is 4.57 Å². The standard InChI is InChI=1S/C15H14ClO4P/c16-13-6-8-14(9-7-13)19-21(17)18-11-10-15(20-21)12-4-2-1-3-5-12/h1-9,15H,10-11H2/t15?,21-/m0/s1. The first-order chi connectivity index (χ1) is 10.1. The average Bonchev–Trinajstić information content (AvgIpc) is 2.50. The molecule has 4 nitrogen and oxygen atoms in total. The third kappa shape index (κ3) is 3.66. The first-order valence-corrected chi connectivity index (χ1v) is 8.42. The highest BCUT2D eigenvalue weighted by Crippen LogP contribution is 2.56. The van der Waals surface area contributed by atoms with E-state index in [1.807, 2.05) is 30.3 Å². The molecule has 0 aromatic heterocycles. The molecule has 1 unspecified atom stereocenters. The smallest absolute Gasteiger partial charge is 0.404 e. The monoisotopic (exact) mass is 324 g/mol. The van der Waals surface area contributed by atoms with Crippen LogP contribution in [0, 0.1) is 0 Å². The van der Waals surface area contributed by atoms with Crippen LogP contribution in [0.5, 0.6) is 5.75 Å². The SMILES string of the molecule is O=[P@@]1(Oc2ccc(Cl)cc2)OCCC(c2ccccc2)O1. The van der Waals surface area contributed by atoms with Gasteiger partial charge in [-0.2, -0.15) is 0 Å². The van der Waals surface area contributed by atoms with E-state index >= 15 is 0 Å². The van der Waals surface area contributed by atoms with Crippen LogP contribution >= 0.6 is 19.4 Å². The van der Waals surface area contributed by atoms with Crippen LogP contribution in [0.1, 0.15) is 18.1 Å². The first-order valence-electron chi connectivity index (χ1n) is 6.58. The van der Waals surface area contributed by atoms with Crippen molar-refractivity contribution >= 4 is 19.4 Å². The summed E-state index contributed by atoms with van der Waals surface area (Å²) in [6.07, 6.45) is 0.343. The molecule has 1 fully saturated rings. The fourth-order valence-corrected chi connectivity index (χ4v) is 3.61. The van der Waals surface area contributed by atoms with Crippen LogP contribution in [-0.4, -0.2) is 6.61 Å². The lowest BCUT2D eigenvalue weighted by molar-refractivity contribution is 0.0510. The van der Waals surface area contributed by atoms with Crippen molar-refractivity contribution in [1.82, 2.24) is 0 Å². The van der Waals surface area contributed by atoms with Gasteiger partial charge in [0, 0.05) is 11.4 Å². The molecule has 0 saturated carbocycles. The Bertz CT molecular complexity index is 644. The highest BCUT2D eigenvalue weighted by molar-refractivity contribution is 7.49. The number of phosphoric acid groups is 1. The lowest BCUT2D eigenvalue weighted by Gasteiger charge is -2.29. The third-order valence-electron chi connectivity index (χ3n) is 3.09.